The molecule has 1 aliphatic rings. The number of nitrogens with zero attached hydrogens (tertiary/aromatic N) is 1. The normalized spacial score (nSPS) is 15.9. The van der Waals surface area contributed by atoms with Crippen LogP contribution in [0.3, 0.4) is 0 Å². The largest absolute Gasteiger partial charge is 0.494 e. The lowest BCUT2D eigenvalue weighted by Crippen LogP contribution is -2.38. The van der Waals surface area contributed by atoms with Crippen molar-refractivity contribution in [3.05, 3.63) is 29.8 Å². The van der Waals surface area contributed by atoms with Crippen molar-refractivity contribution in [1.82, 2.24) is 10.2 Å². The van der Waals surface area contributed by atoms with Gasteiger partial charge in [-0.1, -0.05) is 18.2 Å². The summed E-state index contributed by atoms with van der Waals surface area (Å²) in [6.45, 7) is 5.11. The molecule has 0 unspecified atom stereocenters. The van der Waals surface area contributed by atoms with E-state index in [4.69, 9.17) is 4.74 Å². The van der Waals surface area contributed by atoms with Gasteiger partial charge in [0.05, 0.1) is 6.61 Å². The van der Waals surface area contributed by atoms with Crippen molar-refractivity contribution in [2.75, 3.05) is 26.7 Å². The maximum atomic E-state index is 12.4. The van der Waals surface area contributed by atoms with Crippen LogP contribution in [0.25, 0.3) is 0 Å². The van der Waals surface area contributed by atoms with Crippen LogP contribution in [0.1, 0.15) is 25.3 Å². The number of benzene rings is 1. The number of rotatable bonds is 5. The van der Waals surface area contributed by atoms with Crippen LogP contribution < -0.4 is 10.1 Å². The zero-order chi connectivity index (χ0) is 14.4. The first-order chi connectivity index (χ1) is 9.72. The summed E-state index contributed by atoms with van der Waals surface area (Å²) >= 11 is 0. The summed E-state index contributed by atoms with van der Waals surface area (Å²) in [6.07, 6.45) is 1.88. The molecule has 0 saturated carbocycles. The summed E-state index contributed by atoms with van der Waals surface area (Å²) in [5, 5.41) is 3.29. The number of hydrogen-bond acceptors (Lipinski definition) is 3. The standard InChI is InChI=1S/C16H24N2O2/c1-3-20-15-7-5-4-6-14(15)12-18(2)16(19)13-8-10-17-11-9-13/h4-7,13,17H,3,8-12H2,1-2H3. The minimum absolute atomic E-state index is 0.167. The lowest BCUT2D eigenvalue weighted by molar-refractivity contribution is -0.135. The van der Waals surface area contributed by atoms with Crippen molar-refractivity contribution in [2.45, 2.75) is 26.3 Å². The molecule has 4 heteroatoms. The van der Waals surface area contributed by atoms with Crippen LogP contribution in [0.5, 0.6) is 5.75 Å². The van der Waals surface area contributed by atoms with Crippen molar-refractivity contribution in [2.24, 2.45) is 5.92 Å². The molecular weight excluding hydrogens is 252 g/mol. The van der Waals surface area contributed by atoms with E-state index in [9.17, 15) is 4.79 Å². The lowest BCUT2D eigenvalue weighted by Gasteiger charge is -2.27. The maximum absolute atomic E-state index is 12.4. The summed E-state index contributed by atoms with van der Waals surface area (Å²) < 4.78 is 5.62. The molecule has 1 aromatic rings. The maximum Gasteiger partial charge on any atom is 0.225 e. The highest BCUT2D eigenvalue weighted by Crippen LogP contribution is 2.21. The second-order valence-corrected chi connectivity index (χ2v) is 5.26. The van der Waals surface area contributed by atoms with Gasteiger partial charge >= 0.3 is 0 Å². The Labute approximate surface area is 121 Å². The van der Waals surface area contributed by atoms with E-state index >= 15 is 0 Å². The number of carbonyl (C=O) groups is 1. The van der Waals surface area contributed by atoms with Crippen LogP contribution >= 0.6 is 0 Å². The third-order valence-electron chi connectivity index (χ3n) is 3.74. The minimum atomic E-state index is 0.167. The lowest BCUT2D eigenvalue weighted by atomic mass is 9.96. The van der Waals surface area contributed by atoms with Gasteiger partial charge in [0.15, 0.2) is 0 Å². The second-order valence-electron chi connectivity index (χ2n) is 5.26. The Morgan fingerprint density at radius 3 is 2.75 bits per heavy atom. The monoisotopic (exact) mass is 276 g/mol. The van der Waals surface area contributed by atoms with Gasteiger partial charge in [0.1, 0.15) is 5.75 Å². The third kappa shape index (κ3) is 3.73. The van der Waals surface area contributed by atoms with Gasteiger partial charge in [-0.3, -0.25) is 4.79 Å². The first-order valence-electron chi connectivity index (χ1n) is 7.38. The molecular formula is C16H24N2O2. The Kier molecular flexibility index (Phi) is 5.41. The summed E-state index contributed by atoms with van der Waals surface area (Å²) in [6, 6.07) is 7.93. The fourth-order valence-electron chi connectivity index (χ4n) is 2.64. The molecule has 1 N–H and O–H groups in total. The Balaban J connectivity index is 1.99. The smallest absolute Gasteiger partial charge is 0.225 e. The van der Waals surface area contributed by atoms with Gasteiger partial charge in [0.25, 0.3) is 0 Å². The summed E-state index contributed by atoms with van der Waals surface area (Å²) in [5.74, 6) is 1.29. The molecule has 4 nitrogen and oxygen atoms in total. The van der Waals surface area contributed by atoms with E-state index in [1.807, 2.05) is 43.1 Å². The zero-order valence-electron chi connectivity index (χ0n) is 12.4. The van der Waals surface area contributed by atoms with Gasteiger partial charge in [-0.15, -0.1) is 0 Å². The molecule has 1 amide bonds. The molecule has 0 bridgehead atoms. The average Bonchev–Trinajstić information content (AvgIpc) is 2.49. The summed E-state index contributed by atoms with van der Waals surface area (Å²) in [4.78, 5) is 14.3. The van der Waals surface area contributed by atoms with E-state index in [1.165, 1.54) is 0 Å². The van der Waals surface area contributed by atoms with Gasteiger partial charge in [0.2, 0.25) is 5.91 Å². The summed E-state index contributed by atoms with van der Waals surface area (Å²) in [5.41, 5.74) is 1.07. The minimum Gasteiger partial charge on any atom is -0.494 e. The van der Waals surface area contributed by atoms with Gasteiger partial charge in [-0.05, 0) is 38.9 Å². The highest BCUT2D eigenvalue weighted by atomic mass is 16.5. The molecule has 2 rings (SSSR count). The van der Waals surface area contributed by atoms with Gasteiger partial charge in [-0.25, -0.2) is 0 Å². The summed E-state index contributed by atoms with van der Waals surface area (Å²) in [7, 11) is 1.88. The number of carbonyl (C=O) groups excluding carboxylic acids is 1. The van der Waals surface area contributed by atoms with E-state index in [-0.39, 0.29) is 11.8 Å². The van der Waals surface area contributed by atoms with Crippen LogP contribution in [-0.4, -0.2) is 37.6 Å². The average molecular weight is 276 g/mol. The van der Waals surface area contributed by atoms with E-state index in [0.29, 0.717) is 13.2 Å². The molecule has 0 aromatic heterocycles. The third-order valence-corrected chi connectivity index (χ3v) is 3.74. The van der Waals surface area contributed by atoms with E-state index < -0.39 is 0 Å². The topological polar surface area (TPSA) is 41.6 Å². The number of hydrogen-bond donors (Lipinski definition) is 1. The van der Waals surface area contributed by atoms with Crippen LogP contribution in [0, 0.1) is 5.92 Å². The second kappa shape index (κ2) is 7.29. The Morgan fingerprint density at radius 1 is 1.35 bits per heavy atom. The predicted molar refractivity (Wildman–Crippen MR) is 79.7 cm³/mol. The number of amides is 1. The molecule has 1 aliphatic heterocycles. The SMILES string of the molecule is CCOc1ccccc1CN(C)C(=O)C1CCNCC1. The van der Waals surface area contributed by atoms with E-state index in [0.717, 1.165) is 37.2 Å². The molecule has 0 aliphatic carbocycles. The van der Waals surface area contributed by atoms with E-state index in [2.05, 4.69) is 5.32 Å². The molecule has 0 spiro atoms. The van der Waals surface area contributed by atoms with Gasteiger partial charge < -0.3 is 15.0 Å². The van der Waals surface area contributed by atoms with Crippen LogP contribution in [-0.2, 0) is 11.3 Å². The number of nitrogens with one attached hydrogen (secondary N) is 1. The Hall–Kier alpha value is -1.55. The number of para-hydroxylation sites is 1. The van der Waals surface area contributed by atoms with Crippen molar-refractivity contribution in [3.63, 3.8) is 0 Å². The fraction of sp³-hybridized carbons (Fsp3) is 0.562. The number of ether oxygens (including phenoxy) is 1. The van der Waals surface area contributed by atoms with Gasteiger partial charge in [0, 0.05) is 25.1 Å². The Bertz CT molecular complexity index is 442. The van der Waals surface area contributed by atoms with Crippen molar-refractivity contribution in [3.8, 4) is 5.75 Å². The van der Waals surface area contributed by atoms with Crippen molar-refractivity contribution >= 4 is 5.91 Å². The predicted octanol–water partition coefficient (Wildman–Crippen LogP) is 2.04. The molecule has 1 aromatic carbocycles. The molecule has 1 saturated heterocycles. The van der Waals surface area contributed by atoms with Crippen LogP contribution in [0.15, 0.2) is 24.3 Å². The molecule has 1 fully saturated rings. The first-order valence-corrected chi connectivity index (χ1v) is 7.38. The highest BCUT2D eigenvalue weighted by Gasteiger charge is 2.24. The quantitative estimate of drug-likeness (QED) is 0.895. The van der Waals surface area contributed by atoms with Crippen LogP contribution in [0.4, 0.5) is 0 Å². The molecule has 0 atom stereocenters. The van der Waals surface area contributed by atoms with Crippen molar-refractivity contribution in [1.29, 1.82) is 0 Å². The van der Waals surface area contributed by atoms with Gasteiger partial charge in [-0.2, -0.15) is 0 Å². The zero-order valence-corrected chi connectivity index (χ0v) is 12.4. The van der Waals surface area contributed by atoms with E-state index in [1.54, 1.807) is 0 Å². The highest BCUT2D eigenvalue weighted by molar-refractivity contribution is 5.78. The molecule has 110 valence electrons. The van der Waals surface area contributed by atoms with Crippen molar-refractivity contribution < 1.29 is 9.53 Å². The fourth-order valence-corrected chi connectivity index (χ4v) is 2.64. The number of piperidine rings is 1. The van der Waals surface area contributed by atoms with Crippen LogP contribution in [0.2, 0.25) is 0 Å². The Morgan fingerprint density at radius 2 is 2.05 bits per heavy atom. The molecule has 0 radical (unpaired) electrons. The molecule has 20 heavy (non-hydrogen) atoms. The molecule has 1 heterocycles. The first kappa shape index (κ1) is 14.9.